The van der Waals surface area contributed by atoms with Crippen molar-refractivity contribution < 1.29 is 22.7 Å². The number of amides is 1. The van der Waals surface area contributed by atoms with Crippen molar-refractivity contribution >= 4 is 21.6 Å². The number of ether oxygens (including phenoxy) is 2. The van der Waals surface area contributed by atoms with Gasteiger partial charge < -0.3 is 19.7 Å². The molecule has 4 aliphatic rings. The molecule has 0 radical (unpaired) electrons. The van der Waals surface area contributed by atoms with E-state index in [9.17, 15) is 13.2 Å². The van der Waals surface area contributed by atoms with E-state index in [1.807, 2.05) is 4.90 Å². The lowest BCUT2D eigenvalue weighted by Crippen LogP contribution is -2.52. The molecule has 2 heterocycles. The van der Waals surface area contributed by atoms with Crippen LogP contribution >= 0.6 is 0 Å². The standard InChI is InChI=1S/C25H37N3O5S/c1-24(2)19-6-7-25(3,17-19)23(24)26-22(29)18-4-5-20(27-8-12-32-13-9-27)21(16-18)34(30,31)28-10-14-33-15-11-28/h4-5,16,19,23H,6-15,17H2,1-3H3,(H,26,29)/t19-,23?,25-/m0/s1. The second-order valence-electron chi connectivity index (χ2n) is 11.1. The predicted octanol–water partition coefficient (Wildman–Crippen LogP) is 2.49. The molecule has 1 N–H and O–H groups in total. The van der Waals surface area contributed by atoms with Gasteiger partial charge in [0.1, 0.15) is 4.90 Å². The normalized spacial score (nSPS) is 31.6. The number of rotatable bonds is 5. The Balaban J connectivity index is 1.47. The molecular formula is C25H37N3O5S. The van der Waals surface area contributed by atoms with Gasteiger partial charge in [-0.1, -0.05) is 20.8 Å². The summed E-state index contributed by atoms with van der Waals surface area (Å²) >= 11 is 0. The Hall–Kier alpha value is -1.68. The van der Waals surface area contributed by atoms with Crippen molar-refractivity contribution in [2.24, 2.45) is 16.7 Å². The summed E-state index contributed by atoms with van der Waals surface area (Å²) in [5, 5.41) is 3.31. The van der Waals surface area contributed by atoms with Crippen molar-refractivity contribution in [2.75, 3.05) is 57.5 Å². The summed E-state index contributed by atoms with van der Waals surface area (Å²) in [5.41, 5.74) is 1.16. The summed E-state index contributed by atoms with van der Waals surface area (Å²) in [6.45, 7) is 10.5. The Labute approximate surface area is 203 Å². The van der Waals surface area contributed by atoms with Gasteiger partial charge in [-0.25, -0.2) is 8.42 Å². The van der Waals surface area contributed by atoms with Crippen LogP contribution in [0.5, 0.6) is 0 Å². The second kappa shape index (κ2) is 8.76. The van der Waals surface area contributed by atoms with Crippen molar-refractivity contribution in [2.45, 2.75) is 51.0 Å². The smallest absolute Gasteiger partial charge is 0.251 e. The van der Waals surface area contributed by atoms with Crippen molar-refractivity contribution in [3.8, 4) is 0 Å². The highest BCUT2D eigenvalue weighted by molar-refractivity contribution is 7.89. The molecule has 1 amide bonds. The number of sulfonamides is 1. The molecule has 188 valence electrons. The quantitative estimate of drug-likeness (QED) is 0.681. The summed E-state index contributed by atoms with van der Waals surface area (Å²) in [7, 11) is -3.78. The lowest BCUT2D eigenvalue weighted by Gasteiger charge is -2.43. The molecule has 2 aliphatic carbocycles. The largest absolute Gasteiger partial charge is 0.379 e. The number of fused-ring (bicyclic) bond motifs is 2. The fourth-order valence-corrected chi connectivity index (χ4v) is 8.38. The monoisotopic (exact) mass is 491 g/mol. The highest BCUT2D eigenvalue weighted by atomic mass is 32.2. The first kappa shape index (κ1) is 24.0. The van der Waals surface area contributed by atoms with E-state index in [1.165, 1.54) is 10.7 Å². The summed E-state index contributed by atoms with van der Waals surface area (Å²) in [6, 6.07) is 5.21. The summed E-state index contributed by atoms with van der Waals surface area (Å²) in [5.74, 6) is 0.419. The molecule has 2 saturated carbocycles. The Kier molecular flexibility index (Phi) is 6.19. The zero-order valence-electron chi connectivity index (χ0n) is 20.5. The molecule has 2 bridgehead atoms. The van der Waals surface area contributed by atoms with Crippen LogP contribution in [0, 0.1) is 16.7 Å². The van der Waals surface area contributed by atoms with Gasteiger partial charge in [0.2, 0.25) is 10.0 Å². The number of morpholine rings is 2. The number of hydrogen-bond donors (Lipinski definition) is 1. The fraction of sp³-hybridized carbons (Fsp3) is 0.720. The SMILES string of the molecule is CC1(C)C(NC(=O)c2ccc(N3CCOCC3)c(S(=O)(=O)N3CCOCC3)c2)[C@@]2(C)CC[C@H]1C2. The zero-order chi connectivity index (χ0) is 24.1. The minimum Gasteiger partial charge on any atom is -0.379 e. The summed E-state index contributed by atoms with van der Waals surface area (Å²) < 4.78 is 39.7. The number of nitrogens with one attached hydrogen (secondary N) is 1. The molecule has 1 aromatic rings. The number of carbonyl (C=O) groups excluding carboxylic acids is 1. The van der Waals surface area contributed by atoms with Gasteiger partial charge >= 0.3 is 0 Å². The molecule has 2 saturated heterocycles. The van der Waals surface area contributed by atoms with Crippen LogP contribution in [0.2, 0.25) is 0 Å². The van der Waals surface area contributed by atoms with Gasteiger partial charge in [0.05, 0.1) is 32.1 Å². The maximum Gasteiger partial charge on any atom is 0.251 e. The Bertz CT molecular complexity index is 1040. The topological polar surface area (TPSA) is 88.2 Å². The van der Waals surface area contributed by atoms with E-state index in [0.717, 1.165) is 12.8 Å². The average Bonchev–Trinajstić information content (AvgIpc) is 3.33. The molecule has 4 fully saturated rings. The van der Waals surface area contributed by atoms with E-state index in [1.54, 1.807) is 18.2 Å². The van der Waals surface area contributed by atoms with Gasteiger partial charge in [-0.2, -0.15) is 4.31 Å². The number of benzene rings is 1. The summed E-state index contributed by atoms with van der Waals surface area (Å²) in [4.78, 5) is 15.7. The molecule has 5 rings (SSSR count). The molecular weight excluding hydrogens is 454 g/mol. The van der Waals surface area contributed by atoms with Crippen molar-refractivity contribution in [3.63, 3.8) is 0 Å². The van der Waals surface area contributed by atoms with Gasteiger partial charge in [-0.3, -0.25) is 4.79 Å². The third kappa shape index (κ3) is 4.04. The maximum absolute atomic E-state index is 13.7. The lowest BCUT2D eigenvalue weighted by atomic mass is 9.68. The zero-order valence-corrected chi connectivity index (χ0v) is 21.3. The molecule has 3 atom stereocenters. The molecule has 2 aliphatic heterocycles. The molecule has 34 heavy (non-hydrogen) atoms. The van der Waals surface area contributed by atoms with Crippen LogP contribution in [0.15, 0.2) is 23.1 Å². The minimum atomic E-state index is -3.78. The Morgan fingerprint density at radius 2 is 1.68 bits per heavy atom. The minimum absolute atomic E-state index is 0.0269. The van der Waals surface area contributed by atoms with E-state index in [0.29, 0.717) is 69.8 Å². The van der Waals surface area contributed by atoms with Crippen LogP contribution in [0.25, 0.3) is 0 Å². The molecule has 9 heteroatoms. The van der Waals surface area contributed by atoms with Crippen molar-refractivity contribution in [1.82, 2.24) is 9.62 Å². The molecule has 8 nitrogen and oxygen atoms in total. The maximum atomic E-state index is 13.7. The van der Waals surface area contributed by atoms with E-state index in [4.69, 9.17) is 9.47 Å². The molecule has 0 spiro atoms. The first-order valence-electron chi connectivity index (χ1n) is 12.5. The second-order valence-corrected chi connectivity index (χ2v) is 13.0. The third-order valence-electron chi connectivity index (χ3n) is 8.71. The van der Waals surface area contributed by atoms with Gasteiger partial charge in [0.15, 0.2) is 0 Å². The van der Waals surface area contributed by atoms with Crippen molar-refractivity contribution in [3.05, 3.63) is 23.8 Å². The highest BCUT2D eigenvalue weighted by Crippen LogP contribution is 2.62. The molecule has 0 aromatic heterocycles. The fourth-order valence-electron chi connectivity index (χ4n) is 6.73. The van der Waals surface area contributed by atoms with Gasteiger partial charge in [0.25, 0.3) is 5.91 Å². The number of hydrogen-bond acceptors (Lipinski definition) is 6. The number of carbonyl (C=O) groups is 1. The molecule has 1 aromatic carbocycles. The Morgan fingerprint density at radius 3 is 2.29 bits per heavy atom. The average molecular weight is 492 g/mol. The van der Waals surface area contributed by atoms with Crippen LogP contribution in [0.3, 0.4) is 0 Å². The van der Waals surface area contributed by atoms with E-state index in [-0.39, 0.29) is 27.7 Å². The Morgan fingerprint density at radius 1 is 1.03 bits per heavy atom. The van der Waals surface area contributed by atoms with E-state index < -0.39 is 10.0 Å². The number of nitrogens with zero attached hydrogens (tertiary/aromatic N) is 2. The van der Waals surface area contributed by atoms with Crippen LogP contribution in [0.1, 0.15) is 50.4 Å². The van der Waals surface area contributed by atoms with Crippen LogP contribution in [-0.4, -0.2) is 77.3 Å². The first-order chi connectivity index (χ1) is 16.1. The molecule has 1 unspecified atom stereocenters. The highest BCUT2D eigenvalue weighted by Gasteiger charge is 2.59. The van der Waals surface area contributed by atoms with Crippen LogP contribution < -0.4 is 10.2 Å². The number of anilines is 1. The van der Waals surface area contributed by atoms with E-state index >= 15 is 0 Å². The van der Waals surface area contributed by atoms with Gasteiger partial charge in [-0.15, -0.1) is 0 Å². The first-order valence-corrected chi connectivity index (χ1v) is 13.9. The van der Waals surface area contributed by atoms with Gasteiger partial charge in [-0.05, 0) is 54.2 Å². The summed E-state index contributed by atoms with van der Waals surface area (Å²) in [6.07, 6.45) is 3.47. The van der Waals surface area contributed by atoms with Crippen LogP contribution in [0.4, 0.5) is 5.69 Å². The van der Waals surface area contributed by atoms with Gasteiger partial charge in [0, 0.05) is 37.8 Å². The lowest BCUT2D eigenvalue weighted by molar-refractivity contribution is 0.0728. The van der Waals surface area contributed by atoms with Crippen molar-refractivity contribution in [1.29, 1.82) is 0 Å². The van der Waals surface area contributed by atoms with E-state index in [2.05, 4.69) is 26.1 Å². The third-order valence-corrected chi connectivity index (χ3v) is 10.6. The van der Waals surface area contributed by atoms with Crippen LogP contribution in [-0.2, 0) is 19.5 Å². The predicted molar refractivity (Wildman–Crippen MR) is 130 cm³/mol.